The molecule has 2 aromatic heterocycles. The molecule has 0 saturated heterocycles. The lowest BCUT2D eigenvalue weighted by Gasteiger charge is -2.05. The second-order valence-electron chi connectivity index (χ2n) is 4.00. The molecule has 3 aromatic rings. The van der Waals surface area contributed by atoms with Crippen LogP contribution in [0.15, 0.2) is 30.6 Å². The first-order valence-corrected chi connectivity index (χ1v) is 6.96. The van der Waals surface area contributed by atoms with Crippen LogP contribution in [-0.4, -0.2) is 19.7 Å². The van der Waals surface area contributed by atoms with Gasteiger partial charge in [-0.2, -0.15) is 10.1 Å². The number of aromatic nitrogens is 4. The Bertz CT molecular complexity index is 755. The third-order valence-electron chi connectivity index (χ3n) is 2.70. The first-order valence-electron chi connectivity index (χ1n) is 5.50. The number of hydrogen-bond acceptors (Lipinski definition) is 4. The van der Waals surface area contributed by atoms with Gasteiger partial charge in [-0.15, -0.1) is 0 Å². The maximum Gasteiger partial charge on any atom is 0.228 e. The highest BCUT2D eigenvalue weighted by atomic mass is 127. The van der Waals surface area contributed by atoms with Crippen molar-refractivity contribution in [3.63, 3.8) is 0 Å². The Kier molecular flexibility index (Phi) is 3.28. The van der Waals surface area contributed by atoms with E-state index in [0.29, 0.717) is 11.1 Å². The molecule has 19 heavy (non-hydrogen) atoms. The average molecular weight is 386 g/mol. The van der Waals surface area contributed by atoms with Crippen LogP contribution in [0.3, 0.4) is 0 Å². The van der Waals surface area contributed by atoms with Gasteiger partial charge in [-0.3, -0.25) is 4.68 Å². The highest BCUT2D eigenvalue weighted by Gasteiger charge is 2.05. The van der Waals surface area contributed by atoms with Crippen molar-refractivity contribution in [2.24, 2.45) is 7.05 Å². The summed E-state index contributed by atoms with van der Waals surface area (Å²) in [5.74, 6) is 0.480. The van der Waals surface area contributed by atoms with E-state index in [9.17, 15) is 0 Å². The van der Waals surface area contributed by atoms with Gasteiger partial charge < -0.3 is 5.32 Å². The SMILES string of the molecule is Cn1ncc2cc(Nc3ncc(I)c(Cl)n3)ccc21. The third-order valence-corrected chi connectivity index (χ3v) is 4.10. The van der Waals surface area contributed by atoms with E-state index in [1.54, 1.807) is 6.20 Å². The van der Waals surface area contributed by atoms with Crippen molar-refractivity contribution in [3.8, 4) is 0 Å². The van der Waals surface area contributed by atoms with Crippen LogP contribution in [0.1, 0.15) is 0 Å². The first kappa shape index (κ1) is 12.6. The van der Waals surface area contributed by atoms with Crippen LogP contribution >= 0.6 is 34.2 Å². The molecule has 0 amide bonds. The number of benzene rings is 1. The quantitative estimate of drug-likeness (QED) is 0.543. The molecule has 3 rings (SSSR count). The molecule has 0 saturated carbocycles. The molecular weight excluding hydrogens is 377 g/mol. The molecular formula is C12H9ClIN5. The standard InChI is InChI=1S/C12H9ClIN5/c1-19-10-3-2-8(4-7(10)5-16-19)17-12-15-6-9(14)11(13)18-12/h2-6H,1H3,(H,15,17,18). The summed E-state index contributed by atoms with van der Waals surface area (Å²) in [7, 11) is 1.91. The number of aryl methyl sites for hydroxylation is 1. The molecule has 5 nitrogen and oxygen atoms in total. The summed E-state index contributed by atoms with van der Waals surface area (Å²) >= 11 is 8.06. The first-order chi connectivity index (χ1) is 9.13. The zero-order valence-electron chi connectivity index (χ0n) is 9.93. The van der Waals surface area contributed by atoms with Gasteiger partial charge in [0.1, 0.15) is 5.15 Å². The smallest absolute Gasteiger partial charge is 0.228 e. The maximum absolute atomic E-state index is 5.97. The number of hydrogen-bond donors (Lipinski definition) is 1. The summed E-state index contributed by atoms with van der Waals surface area (Å²) in [5, 5.41) is 8.84. The Hall–Kier alpha value is -1.41. The van der Waals surface area contributed by atoms with Crippen LogP contribution in [-0.2, 0) is 7.05 Å². The van der Waals surface area contributed by atoms with Crippen LogP contribution < -0.4 is 5.32 Å². The predicted octanol–water partition coefficient (Wildman–Crippen LogP) is 3.36. The molecule has 0 aliphatic carbocycles. The molecule has 1 aromatic carbocycles. The molecule has 0 fully saturated rings. The van der Waals surface area contributed by atoms with Gasteiger partial charge >= 0.3 is 0 Å². The average Bonchev–Trinajstić information content (AvgIpc) is 2.75. The van der Waals surface area contributed by atoms with Crippen LogP contribution in [0.5, 0.6) is 0 Å². The normalized spacial score (nSPS) is 10.9. The minimum absolute atomic E-state index is 0.445. The van der Waals surface area contributed by atoms with Gasteiger partial charge in [-0.25, -0.2) is 4.98 Å². The summed E-state index contributed by atoms with van der Waals surface area (Å²) < 4.78 is 2.66. The van der Waals surface area contributed by atoms with Gasteiger partial charge in [0.15, 0.2) is 0 Å². The molecule has 2 heterocycles. The van der Waals surface area contributed by atoms with Crippen molar-refractivity contribution in [1.82, 2.24) is 19.7 Å². The summed E-state index contributed by atoms with van der Waals surface area (Å²) in [6.45, 7) is 0. The van der Waals surface area contributed by atoms with Crippen molar-refractivity contribution < 1.29 is 0 Å². The minimum Gasteiger partial charge on any atom is -0.324 e. The monoisotopic (exact) mass is 385 g/mol. The number of halogens is 2. The van der Waals surface area contributed by atoms with Crippen LogP contribution in [0.2, 0.25) is 5.15 Å². The van der Waals surface area contributed by atoms with Crippen LogP contribution in [0, 0.1) is 3.57 Å². The van der Waals surface area contributed by atoms with E-state index in [1.165, 1.54) is 0 Å². The Morgan fingerprint density at radius 3 is 2.95 bits per heavy atom. The van der Waals surface area contributed by atoms with Crippen molar-refractivity contribution in [3.05, 3.63) is 39.3 Å². The molecule has 0 aliphatic heterocycles. The fraction of sp³-hybridized carbons (Fsp3) is 0.0833. The lowest BCUT2D eigenvalue weighted by molar-refractivity contribution is 0.797. The number of nitrogens with one attached hydrogen (secondary N) is 1. The Morgan fingerprint density at radius 1 is 1.32 bits per heavy atom. The van der Waals surface area contributed by atoms with Crippen molar-refractivity contribution >= 4 is 56.7 Å². The molecule has 0 radical (unpaired) electrons. The largest absolute Gasteiger partial charge is 0.324 e. The van der Waals surface area contributed by atoms with Crippen molar-refractivity contribution in [2.75, 3.05) is 5.32 Å². The zero-order valence-corrected chi connectivity index (χ0v) is 12.8. The Morgan fingerprint density at radius 2 is 2.16 bits per heavy atom. The summed E-state index contributed by atoms with van der Waals surface area (Å²) in [6.07, 6.45) is 3.50. The zero-order chi connectivity index (χ0) is 13.4. The lowest BCUT2D eigenvalue weighted by Crippen LogP contribution is -1.98. The van der Waals surface area contributed by atoms with Gasteiger partial charge in [0.2, 0.25) is 5.95 Å². The van der Waals surface area contributed by atoms with Gasteiger partial charge in [-0.05, 0) is 40.8 Å². The molecule has 1 N–H and O–H groups in total. The van der Waals surface area contributed by atoms with E-state index < -0.39 is 0 Å². The summed E-state index contributed by atoms with van der Waals surface area (Å²) in [4.78, 5) is 8.35. The molecule has 0 unspecified atom stereocenters. The van der Waals surface area contributed by atoms with Gasteiger partial charge in [0.25, 0.3) is 0 Å². The van der Waals surface area contributed by atoms with E-state index in [0.717, 1.165) is 20.2 Å². The number of fused-ring (bicyclic) bond motifs is 1. The molecule has 96 valence electrons. The van der Waals surface area contributed by atoms with Gasteiger partial charge in [-0.1, -0.05) is 11.6 Å². The number of rotatable bonds is 2. The van der Waals surface area contributed by atoms with E-state index in [-0.39, 0.29) is 0 Å². The highest BCUT2D eigenvalue weighted by Crippen LogP contribution is 2.22. The molecule has 7 heteroatoms. The van der Waals surface area contributed by atoms with E-state index in [1.807, 2.05) is 36.1 Å². The minimum atomic E-state index is 0.445. The predicted molar refractivity (Wildman–Crippen MR) is 83.8 cm³/mol. The van der Waals surface area contributed by atoms with Gasteiger partial charge in [0.05, 0.1) is 15.3 Å². The van der Waals surface area contributed by atoms with Crippen molar-refractivity contribution in [2.45, 2.75) is 0 Å². The third kappa shape index (κ3) is 2.50. The Labute approximate surface area is 128 Å². The van der Waals surface area contributed by atoms with E-state index in [2.05, 4.69) is 43.0 Å². The maximum atomic E-state index is 5.97. The topological polar surface area (TPSA) is 55.6 Å². The molecule has 0 atom stereocenters. The molecule has 0 spiro atoms. The molecule has 0 bridgehead atoms. The fourth-order valence-electron chi connectivity index (χ4n) is 1.78. The second kappa shape index (κ2) is 4.93. The summed E-state index contributed by atoms with van der Waals surface area (Å²) in [5.41, 5.74) is 1.98. The molecule has 0 aliphatic rings. The number of anilines is 2. The van der Waals surface area contributed by atoms with E-state index >= 15 is 0 Å². The van der Waals surface area contributed by atoms with Crippen molar-refractivity contribution in [1.29, 1.82) is 0 Å². The fourth-order valence-corrected chi connectivity index (χ4v) is 2.17. The van der Waals surface area contributed by atoms with Gasteiger partial charge in [0, 0.05) is 24.3 Å². The van der Waals surface area contributed by atoms with Crippen LogP contribution in [0.25, 0.3) is 10.9 Å². The number of nitrogens with zero attached hydrogens (tertiary/aromatic N) is 4. The van der Waals surface area contributed by atoms with Crippen LogP contribution in [0.4, 0.5) is 11.6 Å². The lowest BCUT2D eigenvalue weighted by atomic mass is 10.2. The second-order valence-corrected chi connectivity index (χ2v) is 5.52. The highest BCUT2D eigenvalue weighted by molar-refractivity contribution is 14.1. The Balaban J connectivity index is 1.94. The van der Waals surface area contributed by atoms with E-state index in [4.69, 9.17) is 11.6 Å². The summed E-state index contributed by atoms with van der Waals surface area (Å²) in [6, 6.07) is 5.95.